The lowest BCUT2D eigenvalue weighted by atomic mass is 10.1. The van der Waals surface area contributed by atoms with Crippen LogP contribution in [0.15, 0.2) is 29.1 Å². The molecule has 19 heavy (non-hydrogen) atoms. The molecule has 0 amide bonds. The minimum Gasteiger partial charge on any atom is -0.493 e. The average molecular weight is 322 g/mol. The number of nitrogens with one attached hydrogen (secondary N) is 1. The van der Waals surface area contributed by atoms with Crippen molar-refractivity contribution in [2.24, 2.45) is 7.05 Å². The van der Waals surface area contributed by atoms with Crippen molar-refractivity contribution in [3.8, 4) is 5.75 Å². The monoisotopic (exact) mass is 321 g/mol. The summed E-state index contributed by atoms with van der Waals surface area (Å²) in [7, 11) is 2.00. The lowest BCUT2D eigenvalue weighted by molar-refractivity contribution is 0.352. The van der Waals surface area contributed by atoms with E-state index in [9.17, 15) is 0 Å². The van der Waals surface area contributed by atoms with Crippen LogP contribution in [0.1, 0.15) is 16.8 Å². The van der Waals surface area contributed by atoms with Crippen molar-refractivity contribution in [2.75, 3.05) is 6.61 Å². The number of benzene rings is 1. The van der Waals surface area contributed by atoms with Gasteiger partial charge in [-0.2, -0.15) is 0 Å². The van der Waals surface area contributed by atoms with Crippen molar-refractivity contribution in [3.63, 3.8) is 0 Å². The van der Waals surface area contributed by atoms with Crippen LogP contribution in [0.4, 0.5) is 0 Å². The number of hydrogen-bond acceptors (Lipinski definition) is 3. The third kappa shape index (κ3) is 2.67. The highest BCUT2D eigenvalue weighted by molar-refractivity contribution is 9.10. The molecule has 1 aliphatic rings. The largest absolute Gasteiger partial charge is 0.493 e. The third-order valence-corrected chi connectivity index (χ3v) is 3.82. The van der Waals surface area contributed by atoms with Gasteiger partial charge in [-0.05, 0) is 17.7 Å². The molecule has 0 unspecified atom stereocenters. The fourth-order valence-corrected chi connectivity index (χ4v) is 2.91. The molecule has 0 fully saturated rings. The quantitative estimate of drug-likeness (QED) is 0.940. The Labute approximate surface area is 120 Å². The first kappa shape index (κ1) is 12.7. The third-order valence-electron chi connectivity index (χ3n) is 3.36. The van der Waals surface area contributed by atoms with Crippen molar-refractivity contribution < 1.29 is 4.74 Å². The predicted molar refractivity (Wildman–Crippen MR) is 77.1 cm³/mol. The van der Waals surface area contributed by atoms with Gasteiger partial charge >= 0.3 is 0 Å². The lowest BCUT2D eigenvalue weighted by Crippen LogP contribution is -2.15. The number of fused-ring (bicyclic) bond motifs is 1. The Bertz CT molecular complexity index is 594. The molecule has 5 heteroatoms. The van der Waals surface area contributed by atoms with Gasteiger partial charge in [-0.1, -0.05) is 15.9 Å². The number of aromatic nitrogens is 2. The maximum absolute atomic E-state index is 5.72. The average Bonchev–Trinajstić information content (AvgIpc) is 2.98. The summed E-state index contributed by atoms with van der Waals surface area (Å²) in [5, 5.41) is 3.44. The predicted octanol–water partition coefficient (Wildman–Crippen LogP) is 2.41. The molecule has 1 aliphatic heterocycles. The van der Waals surface area contributed by atoms with Crippen molar-refractivity contribution in [1.82, 2.24) is 14.9 Å². The molecule has 4 nitrogen and oxygen atoms in total. The first-order chi connectivity index (χ1) is 9.24. The summed E-state index contributed by atoms with van der Waals surface area (Å²) < 4.78 is 8.86. The minimum atomic E-state index is 0.792. The van der Waals surface area contributed by atoms with Crippen LogP contribution in [0.25, 0.3) is 0 Å². The van der Waals surface area contributed by atoms with E-state index in [2.05, 4.69) is 38.4 Å². The zero-order valence-electron chi connectivity index (χ0n) is 10.8. The van der Waals surface area contributed by atoms with Crippen LogP contribution in [0, 0.1) is 0 Å². The number of halogens is 1. The fraction of sp³-hybridized carbons (Fsp3) is 0.357. The van der Waals surface area contributed by atoms with Crippen LogP contribution in [-0.4, -0.2) is 16.2 Å². The molecule has 0 aliphatic carbocycles. The molecule has 0 radical (unpaired) electrons. The molecule has 2 heterocycles. The molecule has 0 saturated carbocycles. The fourth-order valence-electron chi connectivity index (χ4n) is 2.36. The van der Waals surface area contributed by atoms with Gasteiger partial charge in [0.1, 0.15) is 5.75 Å². The Morgan fingerprint density at radius 1 is 1.42 bits per heavy atom. The van der Waals surface area contributed by atoms with Gasteiger partial charge in [0.15, 0.2) is 0 Å². The Morgan fingerprint density at radius 2 is 2.32 bits per heavy atom. The van der Waals surface area contributed by atoms with Crippen molar-refractivity contribution in [3.05, 3.63) is 46.0 Å². The van der Waals surface area contributed by atoms with E-state index in [1.807, 2.05) is 24.1 Å². The lowest BCUT2D eigenvalue weighted by Gasteiger charge is -2.10. The van der Waals surface area contributed by atoms with Crippen LogP contribution < -0.4 is 10.1 Å². The second-order valence-corrected chi connectivity index (χ2v) is 5.67. The SMILES string of the molecule is Cn1cncc1CNCc1cc(Br)cc2c1OCC2. The first-order valence-electron chi connectivity index (χ1n) is 6.34. The van der Waals surface area contributed by atoms with Crippen molar-refractivity contribution >= 4 is 15.9 Å². The molecule has 100 valence electrons. The summed E-state index contributed by atoms with van der Waals surface area (Å²) in [5.74, 6) is 1.06. The van der Waals surface area contributed by atoms with Crippen molar-refractivity contribution in [2.45, 2.75) is 19.5 Å². The van der Waals surface area contributed by atoms with E-state index >= 15 is 0 Å². The smallest absolute Gasteiger partial charge is 0.127 e. The molecule has 3 rings (SSSR count). The molecule has 0 bridgehead atoms. The summed E-state index contributed by atoms with van der Waals surface area (Å²) in [6, 6.07) is 4.27. The Morgan fingerprint density at radius 3 is 3.11 bits per heavy atom. The van der Waals surface area contributed by atoms with Gasteiger partial charge in [0, 0.05) is 42.8 Å². The number of imidazole rings is 1. The summed E-state index contributed by atoms with van der Waals surface area (Å²) >= 11 is 3.56. The van der Waals surface area contributed by atoms with E-state index < -0.39 is 0 Å². The van der Waals surface area contributed by atoms with Crippen LogP contribution in [0.3, 0.4) is 0 Å². The highest BCUT2D eigenvalue weighted by atomic mass is 79.9. The molecule has 0 spiro atoms. The van der Waals surface area contributed by atoms with E-state index in [4.69, 9.17) is 4.74 Å². The highest BCUT2D eigenvalue weighted by Gasteiger charge is 2.17. The van der Waals surface area contributed by atoms with E-state index in [-0.39, 0.29) is 0 Å². The van der Waals surface area contributed by atoms with Gasteiger partial charge in [-0.15, -0.1) is 0 Å². The molecule has 0 atom stereocenters. The van der Waals surface area contributed by atoms with E-state index in [1.54, 1.807) is 0 Å². The number of aryl methyl sites for hydroxylation is 1. The summed E-state index contributed by atoms with van der Waals surface area (Å²) in [4.78, 5) is 4.11. The summed E-state index contributed by atoms with van der Waals surface area (Å²) in [6.07, 6.45) is 4.70. The Kier molecular flexibility index (Phi) is 3.57. The number of hydrogen-bond donors (Lipinski definition) is 1. The number of ether oxygens (including phenoxy) is 1. The maximum atomic E-state index is 5.72. The van der Waals surface area contributed by atoms with Crippen LogP contribution >= 0.6 is 15.9 Å². The molecule has 1 aromatic carbocycles. The zero-order chi connectivity index (χ0) is 13.2. The second-order valence-electron chi connectivity index (χ2n) is 4.75. The minimum absolute atomic E-state index is 0.792. The van der Waals surface area contributed by atoms with E-state index in [1.165, 1.54) is 16.8 Å². The summed E-state index contributed by atoms with van der Waals surface area (Å²) in [5.41, 5.74) is 3.68. The van der Waals surface area contributed by atoms with Crippen molar-refractivity contribution in [1.29, 1.82) is 0 Å². The van der Waals surface area contributed by atoms with Gasteiger partial charge in [0.2, 0.25) is 0 Å². The van der Waals surface area contributed by atoms with Crippen LogP contribution in [0.5, 0.6) is 5.75 Å². The van der Waals surface area contributed by atoms with Gasteiger partial charge in [-0.25, -0.2) is 4.98 Å². The molecule has 1 N–H and O–H groups in total. The molecule has 1 aromatic heterocycles. The Balaban J connectivity index is 1.69. The van der Waals surface area contributed by atoms with Gasteiger partial charge in [0.25, 0.3) is 0 Å². The van der Waals surface area contributed by atoms with E-state index in [0.29, 0.717) is 0 Å². The molecule has 2 aromatic rings. The Hall–Kier alpha value is -1.33. The van der Waals surface area contributed by atoms with E-state index in [0.717, 1.165) is 36.3 Å². The first-order valence-corrected chi connectivity index (χ1v) is 7.13. The second kappa shape index (κ2) is 5.35. The number of rotatable bonds is 4. The number of nitrogens with zero attached hydrogens (tertiary/aromatic N) is 2. The van der Waals surface area contributed by atoms with Crippen LogP contribution in [0.2, 0.25) is 0 Å². The molecular weight excluding hydrogens is 306 g/mol. The zero-order valence-corrected chi connectivity index (χ0v) is 12.4. The maximum Gasteiger partial charge on any atom is 0.127 e. The van der Waals surface area contributed by atoms with Gasteiger partial charge in [0.05, 0.1) is 18.6 Å². The van der Waals surface area contributed by atoms with Gasteiger partial charge in [-0.3, -0.25) is 0 Å². The molecule has 0 saturated heterocycles. The summed E-state index contributed by atoms with van der Waals surface area (Å²) in [6.45, 7) is 2.39. The molecular formula is C14H16BrN3O. The van der Waals surface area contributed by atoms with Crippen LogP contribution in [-0.2, 0) is 26.6 Å². The van der Waals surface area contributed by atoms with Gasteiger partial charge < -0.3 is 14.6 Å². The topological polar surface area (TPSA) is 39.1 Å². The standard InChI is InChI=1S/C14H16BrN3O/c1-18-9-17-8-13(18)7-16-6-11-5-12(15)4-10-2-3-19-14(10)11/h4-5,8-9,16H,2-3,6-7H2,1H3. The highest BCUT2D eigenvalue weighted by Crippen LogP contribution is 2.32. The normalized spacial score (nSPS) is 13.4.